The lowest BCUT2D eigenvalue weighted by Gasteiger charge is -2.15. The quantitative estimate of drug-likeness (QED) is 0.760. The van der Waals surface area contributed by atoms with Gasteiger partial charge in [-0.2, -0.15) is 0 Å². The van der Waals surface area contributed by atoms with Crippen molar-refractivity contribution in [1.29, 1.82) is 0 Å². The molecule has 0 spiro atoms. The van der Waals surface area contributed by atoms with Gasteiger partial charge in [0.2, 0.25) is 0 Å². The average molecular weight is 316 g/mol. The molecule has 3 nitrogen and oxygen atoms in total. The van der Waals surface area contributed by atoms with Crippen LogP contribution in [0, 0.1) is 6.92 Å². The summed E-state index contributed by atoms with van der Waals surface area (Å²) in [5.74, 6) is 0.154. The van der Waals surface area contributed by atoms with Crippen LogP contribution in [0.4, 0.5) is 0 Å². The van der Waals surface area contributed by atoms with Crippen molar-refractivity contribution < 1.29 is 9.53 Å². The van der Waals surface area contributed by atoms with Gasteiger partial charge in [-0.05, 0) is 41.6 Å². The van der Waals surface area contributed by atoms with Gasteiger partial charge >= 0.3 is 5.97 Å². The van der Waals surface area contributed by atoms with Crippen LogP contribution in [0.3, 0.4) is 0 Å². The van der Waals surface area contributed by atoms with E-state index in [-0.39, 0.29) is 5.97 Å². The fourth-order valence-electron chi connectivity index (χ4n) is 2.25. The van der Waals surface area contributed by atoms with E-state index in [1.165, 1.54) is 12.8 Å². The van der Waals surface area contributed by atoms with Gasteiger partial charge in [0, 0.05) is 17.9 Å². The van der Waals surface area contributed by atoms with Crippen LogP contribution in [0.1, 0.15) is 61.3 Å². The molecule has 1 aromatic rings. The van der Waals surface area contributed by atoms with E-state index in [0.29, 0.717) is 11.5 Å². The largest absolute Gasteiger partial charge is 0.465 e. The smallest absolute Gasteiger partial charge is 0.340 e. The lowest BCUT2D eigenvalue weighted by molar-refractivity contribution is 0.0599. The molecular weight excluding hydrogens is 294 g/mol. The molecule has 0 aliphatic carbocycles. The predicted molar refractivity (Wildman–Crippen MR) is 77.2 cm³/mol. The fraction of sp³-hybridized carbons (Fsp3) is 0.643. The summed E-state index contributed by atoms with van der Waals surface area (Å²) in [5.41, 5.74) is 2.87. The van der Waals surface area contributed by atoms with Crippen LogP contribution in [0.5, 0.6) is 0 Å². The predicted octanol–water partition coefficient (Wildman–Crippen LogP) is 4.27. The molecular formula is C14H22BrNO2. The highest BCUT2D eigenvalue weighted by Gasteiger charge is 2.25. The van der Waals surface area contributed by atoms with E-state index in [2.05, 4.69) is 41.3 Å². The third-order valence-corrected chi connectivity index (χ3v) is 4.22. The zero-order valence-electron chi connectivity index (χ0n) is 11.8. The number of carbonyl (C=O) groups is 1. The van der Waals surface area contributed by atoms with Gasteiger partial charge in [0.05, 0.1) is 17.1 Å². The van der Waals surface area contributed by atoms with Crippen molar-refractivity contribution in [2.75, 3.05) is 7.11 Å². The van der Waals surface area contributed by atoms with Crippen LogP contribution >= 0.6 is 15.9 Å². The molecule has 0 saturated heterocycles. The first-order chi connectivity index (χ1) is 8.49. The van der Waals surface area contributed by atoms with Crippen LogP contribution < -0.4 is 0 Å². The second kappa shape index (κ2) is 6.41. The number of ether oxygens (including phenoxy) is 1. The third kappa shape index (κ3) is 2.63. The van der Waals surface area contributed by atoms with Gasteiger partial charge in [-0.15, -0.1) is 0 Å². The fourth-order valence-corrected chi connectivity index (χ4v) is 3.30. The first-order valence-corrected chi connectivity index (χ1v) is 7.25. The van der Waals surface area contributed by atoms with Crippen LogP contribution in [0.25, 0.3) is 0 Å². The van der Waals surface area contributed by atoms with Crippen LogP contribution in [-0.2, 0) is 11.3 Å². The van der Waals surface area contributed by atoms with Gasteiger partial charge in [-0.1, -0.05) is 20.8 Å². The SMILES string of the molecule is CCCn1c(C)c(C(=O)OC)c(Br)c1C(C)CC. The van der Waals surface area contributed by atoms with Crippen molar-refractivity contribution in [3.63, 3.8) is 0 Å². The number of halogens is 1. The van der Waals surface area contributed by atoms with E-state index in [9.17, 15) is 4.79 Å². The molecule has 18 heavy (non-hydrogen) atoms. The molecule has 0 aliphatic rings. The van der Waals surface area contributed by atoms with Crippen molar-refractivity contribution >= 4 is 21.9 Å². The van der Waals surface area contributed by atoms with Crippen molar-refractivity contribution in [3.05, 3.63) is 21.4 Å². The molecule has 4 heteroatoms. The summed E-state index contributed by atoms with van der Waals surface area (Å²) in [5, 5.41) is 0. The molecule has 0 radical (unpaired) electrons. The van der Waals surface area contributed by atoms with E-state index in [4.69, 9.17) is 4.74 Å². The Morgan fingerprint density at radius 2 is 2.06 bits per heavy atom. The molecule has 1 rings (SSSR count). The van der Waals surface area contributed by atoms with Gasteiger partial charge in [0.1, 0.15) is 0 Å². The second-order valence-electron chi connectivity index (χ2n) is 4.61. The Morgan fingerprint density at radius 3 is 2.50 bits per heavy atom. The van der Waals surface area contributed by atoms with Crippen molar-refractivity contribution in [2.45, 2.75) is 53.0 Å². The van der Waals surface area contributed by atoms with Gasteiger partial charge in [-0.25, -0.2) is 4.79 Å². The molecule has 0 N–H and O–H groups in total. The van der Waals surface area contributed by atoms with Gasteiger partial charge in [-0.3, -0.25) is 0 Å². The number of methoxy groups -OCH3 is 1. The minimum absolute atomic E-state index is 0.265. The molecule has 1 unspecified atom stereocenters. The Bertz CT molecular complexity index is 437. The van der Waals surface area contributed by atoms with Crippen molar-refractivity contribution in [2.24, 2.45) is 0 Å². The molecule has 0 aromatic carbocycles. The Kier molecular flexibility index (Phi) is 5.45. The van der Waals surface area contributed by atoms with E-state index in [1.54, 1.807) is 0 Å². The Labute approximate surface area is 118 Å². The first-order valence-electron chi connectivity index (χ1n) is 6.46. The topological polar surface area (TPSA) is 31.2 Å². The first kappa shape index (κ1) is 15.3. The van der Waals surface area contributed by atoms with Gasteiger partial charge in [0.25, 0.3) is 0 Å². The number of esters is 1. The number of aromatic nitrogens is 1. The minimum atomic E-state index is -0.265. The molecule has 1 heterocycles. The molecule has 0 bridgehead atoms. The summed E-state index contributed by atoms with van der Waals surface area (Å²) < 4.78 is 8.01. The highest BCUT2D eigenvalue weighted by atomic mass is 79.9. The monoisotopic (exact) mass is 315 g/mol. The zero-order valence-corrected chi connectivity index (χ0v) is 13.4. The Morgan fingerprint density at radius 1 is 1.44 bits per heavy atom. The van der Waals surface area contributed by atoms with Gasteiger partial charge < -0.3 is 9.30 Å². The number of nitrogens with zero attached hydrogens (tertiary/aromatic N) is 1. The average Bonchev–Trinajstić information content (AvgIpc) is 2.60. The van der Waals surface area contributed by atoms with Crippen LogP contribution in [-0.4, -0.2) is 17.6 Å². The summed E-state index contributed by atoms with van der Waals surface area (Å²) >= 11 is 3.58. The maximum absolute atomic E-state index is 11.9. The van der Waals surface area contributed by atoms with Crippen LogP contribution in [0.2, 0.25) is 0 Å². The molecule has 102 valence electrons. The molecule has 0 fully saturated rings. The molecule has 0 aliphatic heterocycles. The minimum Gasteiger partial charge on any atom is -0.465 e. The summed E-state index contributed by atoms with van der Waals surface area (Å²) in [7, 11) is 1.42. The maximum atomic E-state index is 11.9. The molecule has 1 atom stereocenters. The number of carbonyl (C=O) groups excluding carboxylic acids is 1. The second-order valence-corrected chi connectivity index (χ2v) is 5.41. The maximum Gasteiger partial charge on any atom is 0.340 e. The highest BCUT2D eigenvalue weighted by molar-refractivity contribution is 9.10. The number of hydrogen-bond donors (Lipinski definition) is 0. The lowest BCUT2D eigenvalue weighted by Crippen LogP contribution is -2.08. The summed E-state index contributed by atoms with van der Waals surface area (Å²) in [4.78, 5) is 11.9. The van der Waals surface area contributed by atoms with Crippen molar-refractivity contribution in [3.8, 4) is 0 Å². The number of hydrogen-bond acceptors (Lipinski definition) is 2. The molecule has 1 aromatic heterocycles. The molecule has 0 amide bonds. The normalized spacial score (nSPS) is 12.6. The Balaban J connectivity index is 3.44. The van der Waals surface area contributed by atoms with E-state index < -0.39 is 0 Å². The summed E-state index contributed by atoms with van der Waals surface area (Å²) in [6.45, 7) is 9.41. The standard InChI is InChI=1S/C14H22BrNO2/c1-6-8-16-10(4)11(14(17)18-5)12(15)13(16)9(3)7-2/h9H,6-8H2,1-5H3. The summed E-state index contributed by atoms with van der Waals surface area (Å²) in [6.07, 6.45) is 2.10. The zero-order chi connectivity index (χ0) is 13.9. The summed E-state index contributed by atoms with van der Waals surface area (Å²) in [6, 6.07) is 0. The highest BCUT2D eigenvalue weighted by Crippen LogP contribution is 2.35. The van der Waals surface area contributed by atoms with E-state index in [0.717, 1.165) is 29.6 Å². The van der Waals surface area contributed by atoms with E-state index in [1.807, 2.05) is 6.92 Å². The Hall–Kier alpha value is -0.770. The molecule has 0 saturated carbocycles. The lowest BCUT2D eigenvalue weighted by atomic mass is 10.0. The van der Waals surface area contributed by atoms with Gasteiger partial charge in [0.15, 0.2) is 0 Å². The number of rotatable bonds is 5. The third-order valence-electron chi connectivity index (χ3n) is 3.42. The van der Waals surface area contributed by atoms with Crippen molar-refractivity contribution in [1.82, 2.24) is 4.57 Å². The van der Waals surface area contributed by atoms with Crippen LogP contribution in [0.15, 0.2) is 4.47 Å². The van der Waals surface area contributed by atoms with E-state index >= 15 is 0 Å².